The van der Waals surface area contributed by atoms with Crippen LogP contribution in [0.5, 0.6) is 0 Å². The number of nitrogens with zero attached hydrogens (tertiary/aromatic N) is 2. The maximum atomic E-state index is 12.0. The molecule has 1 N–H and O–H groups in total. The van der Waals surface area contributed by atoms with Crippen molar-refractivity contribution >= 4 is 32.8 Å². The molecule has 0 radical (unpaired) electrons. The van der Waals surface area contributed by atoms with Crippen molar-refractivity contribution in [3.05, 3.63) is 57.2 Å². The third kappa shape index (κ3) is 2.46. The van der Waals surface area contributed by atoms with Gasteiger partial charge in [0, 0.05) is 7.05 Å². The van der Waals surface area contributed by atoms with E-state index in [0.29, 0.717) is 28.1 Å². The minimum Gasteiger partial charge on any atom is -0.452 e. The Morgan fingerprint density at radius 2 is 2.10 bits per heavy atom. The molecule has 0 aliphatic rings. The zero-order valence-electron chi connectivity index (χ0n) is 10.8. The molecule has 0 atom stereocenters. The Morgan fingerprint density at radius 1 is 1.30 bits per heavy atom. The fourth-order valence-electron chi connectivity index (χ4n) is 2.00. The van der Waals surface area contributed by atoms with Gasteiger partial charge in [-0.05, 0) is 40.2 Å². The molecule has 0 saturated carbocycles. The molecule has 0 unspecified atom stereocenters. The Morgan fingerprint density at radius 3 is 2.85 bits per heavy atom. The summed E-state index contributed by atoms with van der Waals surface area (Å²) in [6.45, 7) is 0.521. The zero-order chi connectivity index (χ0) is 14.1. The number of para-hydroxylation sites is 1. The van der Waals surface area contributed by atoms with Gasteiger partial charge in [0.1, 0.15) is 5.76 Å². The van der Waals surface area contributed by atoms with Crippen LogP contribution >= 0.6 is 15.9 Å². The van der Waals surface area contributed by atoms with Gasteiger partial charge in [-0.15, -0.1) is 0 Å². The van der Waals surface area contributed by atoms with Gasteiger partial charge in [0.25, 0.3) is 5.56 Å². The topological polar surface area (TPSA) is 62.1 Å². The maximum Gasteiger partial charge on any atom is 0.260 e. The molecule has 6 heteroatoms. The number of aromatic amines is 1. The third-order valence-corrected chi connectivity index (χ3v) is 3.41. The lowest BCUT2D eigenvalue weighted by molar-refractivity contribution is 0.485. The lowest BCUT2D eigenvalue weighted by atomic mass is 10.2. The van der Waals surface area contributed by atoms with Crippen molar-refractivity contribution < 1.29 is 4.42 Å². The molecule has 1 aromatic carbocycles. The number of H-pyrrole nitrogens is 1. The molecule has 0 aliphatic heterocycles. The van der Waals surface area contributed by atoms with Crippen LogP contribution < -0.4 is 10.5 Å². The lowest BCUT2D eigenvalue weighted by Crippen LogP contribution is -2.22. The average molecular weight is 334 g/mol. The number of nitrogens with one attached hydrogen (secondary N) is 1. The van der Waals surface area contributed by atoms with Crippen LogP contribution in [0.25, 0.3) is 10.9 Å². The van der Waals surface area contributed by atoms with Gasteiger partial charge in [0.2, 0.25) is 5.95 Å². The largest absolute Gasteiger partial charge is 0.452 e. The molecule has 5 nitrogen and oxygen atoms in total. The van der Waals surface area contributed by atoms with E-state index in [4.69, 9.17) is 4.42 Å². The number of furan rings is 1. The summed E-state index contributed by atoms with van der Waals surface area (Å²) in [6, 6.07) is 11.0. The summed E-state index contributed by atoms with van der Waals surface area (Å²) in [5, 5.41) is 0.588. The van der Waals surface area contributed by atoms with E-state index in [1.807, 2.05) is 42.3 Å². The van der Waals surface area contributed by atoms with Crippen LogP contribution in [0, 0.1) is 0 Å². The van der Waals surface area contributed by atoms with E-state index in [0.717, 1.165) is 5.76 Å². The zero-order valence-corrected chi connectivity index (χ0v) is 12.3. The molecule has 102 valence electrons. The molecular weight excluding hydrogens is 322 g/mol. The first-order valence-electron chi connectivity index (χ1n) is 6.08. The average Bonchev–Trinajstić information content (AvgIpc) is 2.84. The Bertz CT molecular complexity index is 809. The molecule has 0 amide bonds. The minimum absolute atomic E-state index is 0.141. The molecule has 3 aromatic rings. The molecule has 0 aliphatic carbocycles. The van der Waals surface area contributed by atoms with E-state index >= 15 is 0 Å². The van der Waals surface area contributed by atoms with Crippen molar-refractivity contribution in [2.45, 2.75) is 6.54 Å². The first kappa shape index (κ1) is 12.9. The van der Waals surface area contributed by atoms with E-state index in [2.05, 4.69) is 25.9 Å². The van der Waals surface area contributed by atoms with Crippen molar-refractivity contribution in [1.29, 1.82) is 0 Å². The summed E-state index contributed by atoms with van der Waals surface area (Å²) in [5.74, 6) is 1.30. The third-order valence-electron chi connectivity index (χ3n) is 2.98. The predicted octanol–water partition coefficient (Wildman–Crippen LogP) is 2.92. The molecule has 3 rings (SSSR count). The van der Waals surface area contributed by atoms with Gasteiger partial charge in [-0.25, -0.2) is 4.98 Å². The Labute approximate surface area is 123 Å². The second kappa shape index (κ2) is 5.13. The monoisotopic (exact) mass is 333 g/mol. The molecule has 2 heterocycles. The lowest BCUT2D eigenvalue weighted by Gasteiger charge is -2.16. The van der Waals surface area contributed by atoms with Crippen molar-refractivity contribution in [2.24, 2.45) is 0 Å². The fraction of sp³-hybridized carbons (Fsp3) is 0.143. The van der Waals surface area contributed by atoms with Crippen LogP contribution in [0.15, 0.2) is 50.3 Å². The molecule has 20 heavy (non-hydrogen) atoms. The smallest absolute Gasteiger partial charge is 0.260 e. The molecule has 0 fully saturated rings. The van der Waals surface area contributed by atoms with E-state index in [1.54, 1.807) is 6.07 Å². The highest BCUT2D eigenvalue weighted by molar-refractivity contribution is 9.10. The summed E-state index contributed by atoms with van der Waals surface area (Å²) < 4.78 is 6.13. The quantitative estimate of drug-likeness (QED) is 0.800. The van der Waals surface area contributed by atoms with Crippen LogP contribution in [-0.2, 0) is 6.54 Å². The van der Waals surface area contributed by atoms with Gasteiger partial charge in [-0.1, -0.05) is 12.1 Å². The second-order valence-corrected chi connectivity index (χ2v) is 5.25. The Hall–Kier alpha value is -2.08. The number of fused-ring (bicyclic) bond motifs is 1. The van der Waals surface area contributed by atoms with Crippen molar-refractivity contribution in [3.63, 3.8) is 0 Å². The first-order valence-corrected chi connectivity index (χ1v) is 6.87. The van der Waals surface area contributed by atoms with Crippen LogP contribution in [-0.4, -0.2) is 17.0 Å². The minimum atomic E-state index is -0.141. The Kier molecular flexibility index (Phi) is 3.31. The van der Waals surface area contributed by atoms with Crippen molar-refractivity contribution in [1.82, 2.24) is 9.97 Å². The SMILES string of the molecule is CN(Cc1ccc(Br)o1)c1nc2ccccc2c(=O)[nH]1. The first-order chi connectivity index (χ1) is 9.63. The van der Waals surface area contributed by atoms with E-state index < -0.39 is 0 Å². The summed E-state index contributed by atoms with van der Waals surface area (Å²) in [4.78, 5) is 21.1. The van der Waals surface area contributed by atoms with Gasteiger partial charge in [0.15, 0.2) is 4.67 Å². The van der Waals surface area contributed by atoms with Crippen LogP contribution in [0.4, 0.5) is 5.95 Å². The number of hydrogen-bond donors (Lipinski definition) is 1. The summed E-state index contributed by atoms with van der Waals surface area (Å²) in [7, 11) is 1.85. The van der Waals surface area contributed by atoms with Crippen molar-refractivity contribution in [2.75, 3.05) is 11.9 Å². The van der Waals surface area contributed by atoms with Gasteiger partial charge in [0.05, 0.1) is 17.4 Å². The number of aromatic nitrogens is 2. The number of anilines is 1. The predicted molar refractivity (Wildman–Crippen MR) is 80.9 cm³/mol. The van der Waals surface area contributed by atoms with Gasteiger partial charge >= 0.3 is 0 Å². The van der Waals surface area contributed by atoms with Gasteiger partial charge in [-0.3, -0.25) is 9.78 Å². The molecule has 0 spiro atoms. The fourth-order valence-corrected chi connectivity index (χ4v) is 2.34. The highest BCUT2D eigenvalue weighted by Gasteiger charge is 2.10. The van der Waals surface area contributed by atoms with E-state index in [-0.39, 0.29) is 5.56 Å². The van der Waals surface area contributed by atoms with Crippen LogP contribution in [0.2, 0.25) is 0 Å². The van der Waals surface area contributed by atoms with Crippen LogP contribution in [0.1, 0.15) is 5.76 Å². The maximum absolute atomic E-state index is 12.0. The second-order valence-electron chi connectivity index (χ2n) is 4.47. The molecule has 0 bridgehead atoms. The molecule has 0 saturated heterocycles. The standard InChI is InChI=1S/C14H12BrN3O2/c1-18(8-9-6-7-12(15)20-9)14-16-11-5-3-2-4-10(11)13(19)17-14/h2-7H,8H2,1H3,(H,16,17,19). The van der Waals surface area contributed by atoms with Gasteiger partial charge < -0.3 is 9.32 Å². The number of halogens is 1. The highest BCUT2D eigenvalue weighted by Crippen LogP contribution is 2.17. The summed E-state index contributed by atoms with van der Waals surface area (Å²) >= 11 is 3.26. The van der Waals surface area contributed by atoms with Crippen molar-refractivity contribution in [3.8, 4) is 0 Å². The summed E-state index contributed by atoms with van der Waals surface area (Å²) in [6.07, 6.45) is 0. The number of rotatable bonds is 3. The Balaban J connectivity index is 1.95. The normalized spacial score (nSPS) is 10.9. The summed E-state index contributed by atoms with van der Waals surface area (Å²) in [5.41, 5.74) is 0.539. The number of hydrogen-bond acceptors (Lipinski definition) is 4. The molecule has 2 aromatic heterocycles. The molecular formula is C14H12BrN3O2. The van der Waals surface area contributed by atoms with E-state index in [1.165, 1.54) is 0 Å². The van der Waals surface area contributed by atoms with Gasteiger partial charge in [-0.2, -0.15) is 0 Å². The van der Waals surface area contributed by atoms with E-state index in [9.17, 15) is 4.79 Å². The highest BCUT2D eigenvalue weighted by atomic mass is 79.9. The number of benzene rings is 1. The van der Waals surface area contributed by atoms with Crippen LogP contribution in [0.3, 0.4) is 0 Å².